The van der Waals surface area contributed by atoms with Gasteiger partial charge in [0.15, 0.2) is 0 Å². The Morgan fingerprint density at radius 1 is 1.43 bits per heavy atom. The van der Waals surface area contributed by atoms with Crippen LogP contribution >= 0.6 is 11.8 Å². The van der Waals surface area contributed by atoms with E-state index in [4.69, 9.17) is 4.74 Å². The van der Waals surface area contributed by atoms with Crippen molar-refractivity contribution in [2.45, 2.75) is 17.6 Å². The summed E-state index contributed by atoms with van der Waals surface area (Å²) in [5.74, 6) is -0.690. The van der Waals surface area contributed by atoms with Gasteiger partial charge in [-0.15, -0.1) is 0 Å². The lowest BCUT2D eigenvalue weighted by Gasteiger charge is -2.15. The summed E-state index contributed by atoms with van der Waals surface area (Å²) >= 11 is 1.75. The van der Waals surface area contributed by atoms with E-state index in [-0.39, 0.29) is 16.0 Å². The molecule has 1 saturated carbocycles. The van der Waals surface area contributed by atoms with Gasteiger partial charge in [0.05, 0.1) is 18.4 Å². The van der Waals surface area contributed by atoms with Gasteiger partial charge in [0.2, 0.25) is 0 Å². The Morgan fingerprint density at radius 2 is 2.14 bits per heavy atom. The molecule has 1 aromatic carbocycles. The first-order chi connectivity index (χ1) is 9.99. The minimum absolute atomic E-state index is 0.00417. The number of rotatable bonds is 6. The molecule has 0 aliphatic heterocycles. The molecule has 0 saturated heterocycles. The maximum atomic E-state index is 11.9. The first kappa shape index (κ1) is 15.5. The van der Waals surface area contributed by atoms with Crippen LogP contribution in [-0.4, -0.2) is 41.8 Å². The van der Waals surface area contributed by atoms with Gasteiger partial charge in [-0.1, -0.05) is 0 Å². The summed E-state index contributed by atoms with van der Waals surface area (Å²) < 4.78 is 5.15. The number of hydrogen-bond acceptors (Lipinski definition) is 4. The second-order valence-corrected chi connectivity index (χ2v) is 6.19. The molecule has 2 amide bonds. The molecular formula is C14H18N2O4S. The van der Waals surface area contributed by atoms with E-state index in [2.05, 4.69) is 10.6 Å². The number of benzene rings is 1. The number of anilines is 1. The Hall–Kier alpha value is -1.89. The van der Waals surface area contributed by atoms with E-state index in [1.807, 2.05) is 6.26 Å². The number of carboxylic acids is 1. The molecule has 0 radical (unpaired) electrons. The molecule has 1 aromatic rings. The van der Waals surface area contributed by atoms with E-state index in [9.17, 15) is 14.7 Å². The predicted octanol–water partition coefficient (Wildman–Crippen LogP) is 2.41. The molecule has 0 aromatic heterocycles. The largest absolute Gasteiger partial charge is 0.497 e. The van der Waals surface area contributed by atoms with E-state index < -0.39 is 12.0 Å². The highest BCUT2D eigenvalue weighted by Crippen LogP contribution is 2.46. The first-order valence-corrected chi connectivity index (χ1v) is 7.73. The Kier molecular flexibility index (Phi) is 4.62. The standard InChI is InChI=1S/C14H18N2O4S/c1-20-9-3-4-11(10(7-9)12(17)18)16-13(19)15-8-14(21-2)5-6-14/h3-4,7H,5-6,8H2,1-2H3,(H,17,18)(H2,15,16,19). The maximum absolute atomic E-state index is 11.9. The highest BCUT2D eigenvalue weighted by atomic mass is 32.2. The predicted molar refractivity (Wildman–Crippen MR) is 82.5 cm³/mol. The lowest BCUT2D eigenvalue weighted by molar-refractivity contribution is 0.0697. The number of aromatic carboxylic acids is 1. The van der Waals surface area contributed by atoms with Crippen LogP contribution in [0, 0.1) is 0 Å². The molecule has 6 nitrogen and oxygen atoms in total. The molecule has 0 spiro atoms. The van der Waals surface area contributed by atoms with Crippen LogP contribution in [0.2, 0.25) is 0 Å². The van der Waals surface area contributed by atoms with Gasteiger partial charge in [0.25, 0.3) is 0 Å². The van der Waals surface area contributed by atoms with Crippen LogP contribution in [0.15, 0.2) is 18.2 Å². The van der Waals surface area contributed by atoms with Crippen molar-refractivity contribution in [3.8, 4) is 5.75 Å². The molecule has 1 aliphatic rings. The number of thioether (sulfide) groups is 1. The molecule has 0 heterocycles. The van der Waals surface area contributed by atoms with Gasteiger partial charge in [-0.25, -0.2) is 9.59 Å². The van der Waals surface area contributed by atoms with Gasteiger partial charge in [0, 0.05) is 11.3 Å². The molecule has 0 atom stereocenters. The smallest absolute Gasteiger partial charge is 0.337 e. The minimum Gasteiger partial charge on any atom is -0.497 e. The van der Waals surface area contributed by atoms with Crippen molar-refractivity contribution in [3.05, 3.63) is 23.8 Å². The van der Waals surface area contributed by atoms with Crippen LogP contribution in [0.4, 0.5) is 10.5 Å². The molecule has 1 aliphatic carbocycles. The van der Waals surface area contributed by atoms with Gasteiger partial charge in [-0.2, -0.15) is 11.8 Å². The Balaban J connectivity index is 2.01. The first-order valence-electron chi connectivity index (χ1n) is 6.51. The van der Waals surface area contributed by atoms with Crippen molar-refractivity contribution in [2.75, 3.05) is 25.2 Å². The maximum Gasteiger partial charge on any atom is 0.337 e. The number of urea groups is 1. The van der Waals surface area contributed by atoms with Crippen molar-refractivity contribution in [2.24, 2.45) is 0 Å². The Labute approximate surface area is 127 Å². The van der Waals surface area contributed by atoms with E-state index in [0.29, 0.717) is 12.3 Å². The zero-order valence-corrected chi connectivity index (χ0v) is 12.8. The summed E-state index contributed by atoms with van der Waals surface area (Å²) in [6.07, 6.45) is 4.22. The molecule has 2 rings (SSSR count). The summed E-state index contributed by atoms with van der Waals surface area (Å²) in [5, 5.41) is 14.5. The molecule has 0 bridgehead atoms. The summed E-state index contributed by atoms with van der Waals surface area (Å²) in [7, 11) is 1.46. The SMILES string of the molecule is COc1ccc(NC(=O)NCC2(SC)CC2)c(C(=O)O)c1. The lowest BCUT2D eigenvalue weighted by Crippen LogP contribution is -2.35. The molecule has 3 N–H and O–H groups in total. The zero-order valence-electron chi connectivity index (χ0n) is 11.9. The number of methoxy groups -OCH3 is 1. The molecule has 0 unspecified atom stereocenters. The van der Waals surface area contributed by atoms with Gasteiger partial charge in [0.1, 0.15) is 5.75 Å². The average molecular weight is 310 g/mol. The number of carbonyl (C=O) groups excluding carboxylic acids is 1. The molecular weight excluding hydrogens is 292 g/mol. The Morgan fingerprint density at radius 3 is 2.67 bits per heavy atom. The third-order valence-corrected chi connectivity index (χ3v) is 4.94. The molecule has 21 heavy (non-hydrogen) atoms. The van der Waals surface area contributed by atoms with Crippen molar-refractivity contribution in [1.29, 1.82) is 0 Å². The number of carboxylic acid groups (broad SMARTS) is 1. The zero-order chi connectivity index (χ0) is 15.5. The summed E-state index contributed by atoms with van der Waals surface area (Å²) in [5.41, 5.74) is 0.241. The average Bonchev–Trinajstić information content (AvgIpc) is 3.26. The molecule has 1 fully saturated rings. The highest BCUT2D eigenvalue weighted by Gasteiger charge is 2.41. The van der Waals surface area contributed by atoms with Crippen LogP contribution in [0.1, 0.15) is 23.2 Å². The van der Waals surface area contributed by atoms with Crippen molar-refractivity contribution in [1.82, 2.24) is 5.32 Å². The van der Waals surface area contributed by atoms with Gasteiger partial charge in [-0.05, 0) is 37.3 Å². The molecule has 114 valence electrons. The summed E-state index contributed by atoms with van der Waals surface area (Å²) in [4.78, 5) is 23.1. The van der Waals surface area contributed by atoms with Gasteiger partial charge < -0.3 is 20.5 Å². The van der Waals surface area contributed by atoms with Crippen molar-refractivity contribution in [3.63, 3.8) is 0 Å². The van der Waals surface area contributed by atoms with Gasteiger partial charge in [-0.3, -0.25) is 0 Å². The second-order valence-electron chi connectivity index (χ2n) is 4.91. The fourth-order valence-corrected chi connectivity index (χ4v) is 2.66. The van der Waals surface area contributed by atoms with E-state index in [1.54, 1.807) is 17.8 Å². The fraction of sp³-hybridized carbons (Fsp3) is 0.429. The van der Waals surface area contributed by atoms with E-state index in [0.717, 1.165) is 12.8 Å². The van der Waals surface area contributed by atoms with Crippen molar-refractivity contribution >= 4 is 29.4 Å². The number of hydrogen-bond donors (Lipinski definition) is 3. The van der Waals surface area contributed by atoms with Crippen molar-refractivity contribution < 1.29 is 19.4 Å². The number of carbonyl (C=O) groups is 2. The normalized spacial score (nSPS) is 15.1. The van der Waals surface area contributed by atoms with E-state index in [1.165, 1.54) is 19.2 Å². The third-order valence-electron chi connectivity index (χ3n) is 3.52. The van der Waals surface area contributed by atoms with Gasteiger partial charge >= 0.3 is 12.0 Å². The number of nitrogens with one attached hydrogen (secondary N) is 2. The summed E-state index contributed by atoms with van der Waals surface area (Å²) in [6, 6.07) is 4.10. The Bertz CT molecular complexity index is 558. The lowest BCUT2D eigenvalue weighted by atomic mass is 10.1. The monoisotopic (exact) mass is 310 g/mol. The summed E-state index contributed by atoms with van der Waals surface area (Å²) in [6.45, 7) is 0.582. The van der Waals surface area contributed by atoms with Crippen LogP contribution in [0.5, 0.6) is 5.75 Å². The molecule has 7 heteroatoms. The topological polar surface area (TPSA) is 87.7 Å². The van der Waals surface area contributed by atoms with Crippen LogP contribution in [-0.2, 0) is 0 Å². The van der Waals surface area contributed by atoms with E-state index >= 15 is 0 Å². The fourth-order valence-electron chi connectivity index (χ4n) is 1.94. The number of amides is 2. The second kappa shape index (κ2) is 6.26. The number of ether oxygens (including phenoxy) is 1. The highest BCUT2D eigenvalue weighted by molar-refractivity contribution is 8.00. The van der Waals surface area contributed by atoms with Crippen LogP contribution in [0.25, 0.3) is 0 Å². The van der Waals surface area contributed by atoms with Crippen LogP contribution in [0.3, 0.4) is 0 Å². The van der Waals surface area contributed by atoms with Crippen LogP contribution < -0.4 is 15.4 Å². The quantitative estimate of drug-likeness (QED) is 0.751. The minimum atomic E-state index is -1.12. The third kappa shape index (κ3) is 3.81.